The highest BCUT2D eigenvalue weighted by Crippen LogP contribution is 2.52. The van der Waals surface area contributed by atoms with Gasteiger partial charge in [-0.25, -0.2) is 0 Å². The summed E-state index contributed by atoms with van der Waals surface area (Å²) in [5.41, 5.74) is -0.357. The van der Waals surface area contributed by atoms with Crippen LogP contribution in [0.15, 0.2) is 0 Å². The van der Waals surface area contributed by atoms with E-state index in [1.54, 1.807) is 0 Å². The van der Waals surface area contributed by atoms with E-state index in [1.165, 1.54) is 25.7 Å². The van der Waals surface area contributed by atoms with Gasteiger partial charge in [0.05, 0.1) is 5.41 Å². The molecule has 2 aliphatic heterocycles. The maximum Gasteiger partial charge on any atom is 0.246 e. The van der Waals surface area contributed by atoms with Crippen LogP contribution in [0.3, 0.4) is 0 Å². The number of rotatable bonds is 3. The van der Waals surface area contributed by atoms with Crippen LogP contribution in [-0.4, -0.2) is 70.8 Å². The van der Waals surface area contributed by atoms with E-state index < -0.39 is 0 Å². The lowest BCUT2D eigenvalue weighted by molar-refractivity contribution is -0.185. The fraction of sp³-hybridized carbons (Fsp3) is 0.900. The van der Waals surface area contributed by atoms with Gasteiger partial charge in [0.2, 0.25) is 11.8 Å². The second-order valence-electron chi connectivity index (χ2n) is 8.87. The van der Waals surface area contributed by atoms with E-state index >= 15 is 0 Å². The van der Waals surface area contributed by atoms with Gasteiger partial charge in [0, 0.05) is 38.3 Å². The van der Waals surface area contributed by atoms with Gasteiger partial charge in [-0.3, -0.25) is 14.5 Å². The van der Waals surface area contributed by atoms with Gasteiger partial charge in [0.15, 0.2) is 0 Å². The fourth-order valence-electron chi connectivity index (χ4n) is 5.82. The van der Waals surface area contributed by atoms with Crippen molar-refractivity contribution < 1.29 is 9.59 Å². The monoisotopic (exact) mass is 347 g/mol. The average Bonchev–Trinajstić information content (AvgIpc) is 3.30. The second-order valence-corrected chi connectivity index (χ2v) is 8.87. The van der Waals surface area contributed by atoms with E-state index in [2.05, 4.69) is 9.80 Å². The summed E-state index contributed by atoms with van der Waals surface area (Å²) < 4.78 is 0. The predicted molar refractivity (Wildman–Crippen MR) is 97.1 cm³/mol. The lowest BCUT2D eigenvalue weighted by Crippen LogP contribution is -2.75. The molecule has 1 unspecified atom stereocenters. The lowest BCUT2D eigenvalue weighted by Gasteiger charge is -2.57. The maximum atomic E-state index is 13.3. The van der Waals surface area contributed by atoms with Crippen LogP contribution >= 0.6 is 0 Å². The van der Waals surface area contributed by atoms with Crippen molar-refractivity contribution in [1.82, 2.24) is 14.7 Å². The minimum Gasteiger partial charge on any atom is -0.338 e. The van der Waals surface area contributed by atoms with Gasteiger partial charge >= 0.3 is 0 Å². The molecular weight excluding hydrogens is 314 g/mol. The normalized spacial score (nSPS) is 30.5. The zero-order valence-corrected chi connectivity index (χ0v) is 15.9. The van der Waals surface area contributed by atoms with Crippen LogP contribution in [0, 0.1) is 5.41 Å². The number of hydrogen-bond acceptors (Lipinski definition) is 3. The average molecular weight is 348 g/mol. The van der Waals surface area contributed by atoms with E-state index in [0.717, 1.165) is 57.9 Å². The number of carbonyl (C=O) groups is 2. The molecule has 4 aliphatic rings. The van der Waals surface area contributed by atoms with Crippen LogP contribution in [0.4, 0.5) is 0 Å². The standard InChI is InChI=1S/C20H33N3O2/c1-15(2)23-17(20(19(23)25)9-5-6-10-20)18(24)22-13-11-21(12-14-22)16-7-3-4-8-16/h15-17H,3-14H2,1-2H3. The second kappa shape index (κ2) is 6.57. The Bertz CT molecular complexity index is 527. The Morgan fingerprint density at radius 2 is 1.60 bits per heavy atom. The topological polar surface area (TPSA) is 43.9 Å². The molecule has 5 heteroatoms. The molecule has 2 heterocycles. The summed E-state index contributed by atoms with van der Waals surface area (Å²) in [5, 5.41) is 0. The van der Waals surface area contributed by atoms with Gasteiger partial charge in [-0.2, -0.15) is 0 Å². The van der Waals surface area contributed by atoms with Crippen molar-refractivity contribution in [3.05, 3.63) is 0 Å². The van der Waals surface area contributed by atoms with Crippen molar-refractivity contribution in [1.29, 1.82) is 0 Å². The molecule has 5 nitrogen and oxygen atoms in total. The van der Waals surface area contributed by atoms with E-state index in [-0.39, 0.29) is 29.3 Å². The van der Waals surface area contributed by atoms with E-state index in [9.17, 15) is 9.59 Å². The van der Waals surface area contributed by atoms with Crippen LogP contribution < -0.4 is 0 Å². The summed E-state index contributed by atoms with van der Waals surface area (Å²) in [6.07, 6.45) is 9.39. The molecule has 140 valence electrons. The van der Waals surface area contributed by atoms with Crippen molar-refractivity contribution in [3.8, 4) is 0 Å². The van der Waals surface area contributed by atoms with Crippen molar-refractivity contribution in [2.45, 2.75) is 83.3 Å². The molecule has 0 radical (unpaired) electrons. The highest BCUT2D eigenvalue weighted by atomic mass is 16.2. The Morgan fingerprint density at radius 3 is 2.16 bits per heavy atom. The van der Waals surface area contributed by atoms with E-state index in [4.69, 9.17) is 0 Å². The van der Waals surface area contributed by atoms with Gasteiger partial charge < -0.3 is 9.80 Å². The summed E-state index contributed by atoms with van der Waals surface area (Å²) in [7, 11) is 0. The Kier molecular flexibility index (Phi) is 4.55. The lowest BCUT2D eigenvalue weighted by atomic mass is 9.67. The van der Waals surface area contributed by atoms with Crippen LogP contribution in [0.5, 0.6) is 0 Å². The minimum atomic E-state index is -0.357. The predicted octanol–water partition coefficient (Wildman–Crippen LogP) is 2.25. The van der Waals surface area contributed by atoms with Gasteiger partial charge in [-0.1, -0.05) is 25.7 Å². The minimum absolute atomic E-state index is 0.118. The Balaban J connectivity index is 1.43. The number of β-lactam (4-membered cyclic amide) rings is 1. The molecule has 0 N–H and O–H groups in total. The molecule has 1 atom stereocenters. The molecule has 2 saturated carbocycles. The third-order valence-electron chi connectivity index (χ3n) is 7.22. The fourth-order valence-corrected chi connectivity index (χ4v) is 5.82. The molecule has 4 rings (SSSR count). The summed E-state index contributed by atoms with van der Waals surface area (Å²) >= 11 is 0. The van der Waals surface area contributed by atoms with Gasteiger partial charge in [0.25, 0.3) is 0 Å². The number of nitrogens with zero attached hydrogens (tertiary/aromatic N) is 3. The first-order chi connectivity index (χ1) is 12.0. The maximum absolute atomic E-state index is 13.3. The molecule has 0 bridgehead atoms. The summed E-state index contributed by atoms with van der Waals surface area (Å²) in [5.74, 6) is 0.462. The first kappa shape index (κ1) is 17.3. The number of carbonyl (C=O) groups excluding carboxylic acids is 2. The zero-order chi connectivity index (χ0) is 17.6. The third-order valence-corrected chi connectivity index (χ3v) is 7.22. The van der Waals surface area contributed by atoms with Gasteiger partial charge in [-0.05, 0) is 39.5 Å². The molecule has 1 spiro atoms. The summed E-state index contributed by atoms with van der Waals surface area (Å²) in [6, 6.07) is 0.670. The highest BCUT2D eigenvalue weighted by Gasteiger charge is 2.65. The number of hydrogen-bond donors (Lipinski definition) is 0. The van der Waals surface area contributed by atoms with Gasteiger partial charge in [0.1, 0.15) is 6.04 Å². The Labute approximate surface area is 151 Å². The first-order valence-electron chi connectivity index (χ1n) is 10.4. The Morgan fingerprint density at radius 1 is 1.00 bits per heavy atom. The van der Waals surface area contributed by atoms with Crippen molar-refractivity contribution >= 4 is 11.8 Å². The molecule has 2 amide bonds. The molecule has 0 aromatic carbocycles. The third kappa shape index (κ3) is 2.70. The molecule has 2 aliphatic carbocycles. The molecule has 4 fully saturated rings. The molecule has 0 aromatic heterocycles. The van der Waals surface area contributed by atoms with Crippen LogP contribution in [0.25, 0.3) is 0 Å². The highest BCUT2D eigenvalue weighted by molar-refractivity contribution is 6.02. The van der Waals surface area contributed by atoms with E-state index in [0.29, 0.717) is 0 Å². The molecule has 0 aromatic rings. The van der Waals surface area contributed by atoms with Crippen molar-refractivity contribution in [3.63, 3.8) is 0 Å². The van der Waals surface area contributed by atoms with Gasteiger partial charge in [-0.15, -0.1) is 0 Å². The smallest absolute Gasteiger partial charge is 0.246 e. The van der Waals surface area contributed by atoms with Crippen molar-refractivity contribution in [2.75, 3.05) is 26.2 Å². The molecular formula is C20H33N3O2. The van der Waals surface area contributed by atoms with Crippen LogP contribution in [0.2, 0.25) is 0 Å². The Hall–Kier alpha value is -1.10. The molecule has 25 heavy (non-hydrogen) atoms. The van der Waals surface area contributed by atoms with E-state index in [1.807, 2.05) is 18.7 Å². The zero-order valence-electron chi connectivity index (χ0n) is 15.9. The first-order valence-corrected chi connectivity index (χ1v) is 10.4. The summed E-state index contributed by atoms with van der Waals surface area (Å²) in [4.78, 5) is 32.7. The number of likely N-dealkylation sites (tertiary alicyclic amines) is 1. The number of piperazine rings is 1. The van der Waals surface area contributed by atoms with Crippen molar-refractivity contribution in [2.24, 2.45) is 5.41 Å². The summed E-state index contributed by atoms with van der Waals surface area (Å²) in [6.45, 7) is 7.76. The van der Waals surface area contributed by atoms with Crippen LogP contribution in [-0.2, 0) is 9.59 Å². The van der Waals surface area contributed by atoms with Crippen LogP contribution in [0.1, 0.15) is 65.2 Å². The molecule has 2 saturated heterocycles. The number of amides is 2. The SMILES string of the molecule is CC(C)N1C(=O)C2(CCCC2)C1C(=O)N1CCN(C2CCCC2)CC1. The quantitative estimate of drug-likeness (QED) is 0.736. The largest absolute Gasteiger partial charge is 0.338 e.